The predicted octanol–water partition coefficient (Wildman–Crippen LogP) is 3.67. The minimum atomic E-state index is 0.620. The van der Waals surface area contributed by atoms with Crippen molar-refractivity contribution in [3.63, 3.8) is 0 Å². The fraction of sp³-hybridized carbons (Fsp3) is 1.00. The Labute approximate surface area is 120 Å². The molecular weight excluding hydrogens is 232 g/mol. The maximum Gasteiger partial charge on any atom is 0.00192 e. The van der Waals surface area contributed by atoms with Crippen molar-refractivity contribution in [1.29, 1.82) is 0 Å². The van der Waals surface area contributed by atoms with Gasteiger partial charge in [0.2, 0.25) is 0 Å². The van der Waals surface area contributed by atoms with E-state index in [1.54, 1.807) is 0 Å². The van der Waals surface area contributed by atoms with E-state index < -0.39 is 0 Å². The maximum absolute atomic E-state index is 3.57. The zero-order chi connectivity index (χ0) is 13.7. The lowest BCUT2D eigenvalue weighted by Crippen LogP contribution is -2.44. The fourth-order valence-corrected chi connectivity index (χ4v) is 3.95. The molecule has 2 nitrogen and oxygen atoms in total. The minimum absolute atomic E-state index is 0.620. The molecule has 1 aliphatic carbocycles. The second-order valence-corrected chi connectivity index (χ2v) is 7.53. The van der Waals surface area contributed by atoms with E-state index in [4.69, 9.17) is 0 Å². The van der Waals surface area contributed by atoms with Crippen LogP contribution in [0, 0.1) is 11.3 Å². The summed E-state index contributed by atoms with van der Waals surface area (Å²) in [5, 5.41) is 3.57. The molecule has 1 aliphatic heterocycles. The van der Waals surface area contributed by atoms with Crippen molar-refractivity contribution < 1.29 is 0 Å². The van der Waals surface area contributed by atoms with Crippen LogP contribution in [0.5, 0.6) is 0 Å². The number of nitrogens with one attached hydrogen (secondary N) is 1. The largest absolute Gasteiger partial charge is 0.314 e. The molecule has 19 heavy (non-hydrogen) atoms. The lowest BCUT2D eigenvalue weighted by molar-refractivity contribution is 0.0608. The zero-order valence-corrected chi connectivity index (χ0v) is 13.4. The van der Waals surface area contributed by atoms with E-state index in [0.29, 0.717) is 6.04 Å². The molecule has 1 heterocycles. The summed E-state index contributed by atoms with van der Waals surface area (Å²) in [6.07, 6.45) is 10.5. The minimum Gasteiger partial charge on any atom is -0.314 e. The molecular formula is C17H34N2. The first-order chi connectivity index (χ1) is 9.10. The zero-order valence-electron chi connectivity index (χ0n) is 13.4. The lowest BCUT2D eigenvalue weighted by Gasteiger charge is -2.45. The van der Waals surface area contributed by atoms with Gasteiger partial charge in [0.25, 0.3) is 0 Å². The Morgan fingerprint density at radius 1 is 0.947 bits per heavy atom. The Hall–Kier alpha value is -0.0800. The molecule has 2 aliphatic rings. The first kappa shape index (κ1) is 15.3. The number of hydrogen-bond acceptors (Lipinski definition) is 2. The summed E-state index contributed by atoms with van der Waals surface area (Å²) in [6, 6.07) is 0.620. The van der Waals surface area contributed by atoms with Gasteiger partial charge in [0.15, 0.2) is 0 Å². The molecule has 1 N–H and O–H groups in total. The number of hydrogen-bond donors (Lipinski definition) is 1. The van der Waals surface area contributed by atoms with Gasteiger partial charge in [-0.2, -0.15) is 0 Å². The van der Waals surface area contributed by atoms with Gasteiger partial charge < -0.3 is 10.2 Å². The quantitative estimate of drug-likeness (QED) is 0.817. The van der Waals surface area contributed by atoms with Gasteiger partial charge in [0.05, 0.1) is 0 Å². The molecule has 0 bridgehead atoms. The van der Waals surface area contributed by atoms with Crippen molar-refractivity contribution in [3.8, 4) is 0 Å². The average Bonchev–Trinajstić information content (AvgIpc) is 2.40. The first-order valence-corrected chi connectivity index (χ1v) is 8.55. The highest BCUT2D eigenvalue weighted by molar-refractivity contribution is 4.88. The van der Waals surface area contributed by atoms with Crippen molar-refractivity contribution in [2.75, 3.05) is 26.2 Å². The molecule has 112 valence electrons. The van der Waals surface area contributed by atoms with Crippen LogP contribution >= 0.6 is 0 Å². The van der Waals surface area contributed by atoms with Gasteiger partial charge in [-0.25, -0.2) is 0 Å². The molecule has 0 aromatic heterocycles. The number of piperidine rings is 1. The third kappa shape index (κ3) is 4.75. The third-order valence-corrected chi connectivity index (χ3v) is 5.28. The summed E-state index contributed by atoms with van der Waals surface area (Å²) in [6.45, 7) is 12.0. The van der Waals surface area contributed by atoms with E-state index in [0.717, 1.165) is 11.3 Å². The van der Waals surface area contributed by atoms with Crippen LogP contribution in [0.25, 0.3) is 0 Å². The molecule has 0 aromatic carbocycles. The molecule has 1 saturated heterocycles. The van der Waals surface area contributed by atoms with Gasteiger partial charge in [0, 0.05) is 12.6 Å². The molecule has 2 heteroatoms. The normalized spacial score (nSPS) is 25.9. The summed E-state index contributed by atoms with van der Waals surface area (Å²) in [5.74, 6) is 0.780. The van der Waals surface area contributed by atoms with Crippen LogP contribution < -0.4 is 5.32 Å². The molecule has 1 saturated carbocycles. The van der Waals surface area contributed by atoms with E-state index >= 15 is 0 Å². The van der Waals surface area contributed by atoms with Crippen molar-refractivity contribution >= 4 is 0 Å². The molecule has 0 radical (unpaired) electrons. The van der Waals surface area contributed by atoms with Crippen molar-refractivity contribution in [3.05, 3.63) is 0 Å². The second kappa shape index (κ2) is 7.08. The highest BCUT2D eigenvalue weighted by Gasteiger charge is 2.35. The van der Waals surface area contributed by atoms with Gasteiger partial charge in [0.1, 0.15) is 0 Å². The van der Waals surface area contributed by atoms with Crippen molar-refractivity contribution in [2.24, 2.45) is 11.3 Å². The van der Waals surface area contributed by atoms with Gasteiger partial charge in [-0.15, -0.1) is 0 Å². The predicted molar refractivity (Wildman–Crippen MR) is 83.5 cm³/mol. The van der Waals surface area contributed by atoms with Crippen LogP contribution in [-0.2, 0) is 0 Å². The summed E-state index contributed by atoms with van der Waals surface area (Å²) in [4.78, 5) is 2.71. The summed E-state index contributed by atoms with van der Waals surface area (Å²) >= 11 is 0. The summed E-state index contributed by atoms with van der Waals surface area (Å²) in [7, 11) is 0. The van der Waals surface area contributed by atoms with E-state index in [2.05, 4.69) is 31.0 Å². The van der Waals surface area contributed by atoms with Crippen molar-refractivity contribution in [2.45, 2.75) is 71.8 Å². The van der Waals surface area contributed by atoms with Crippen LogP contribution in [0.4, 0.5) is 0 Å². The highest BCUT2D eigenvalue weighted by atomic mass is 15.1. The van der Waals surface area contributed by atoms with Crippen LogP contribution in [0.3, 0.4) is 0 Å². The first-order valence-electron chi connectivity index (χ1n) is 8.55. The SMILES string of the molecule is CC(CNC(C)C)CN1CCC2(CCCCC2)CC1. The molecule has 2 fully saturated rings. The topological polar surface area (TPSA) is 15.3 Å². The Balaban J connectivity index is 1.68. The monoisotopic (exact) mass is 266 g/mol. The van der Waals surface area contributed by atoms with E-state index in [9.17, 15) is 0 Å². The third-order valence-electron chi connectivity index (χ3n) is 5.28. The van der Waals surface area contributed by atoms with Gasteiger partial charge in [-0.3, -0.25) is 0 Å². The maximum atomic E-state index is 3.57. The lowest BCUT2D eigenvalue weighted by atomic mass is 9.68. The van der Waals surface area contributed by atoms with Gasteiger partial charge in [-0.05, 0) is 56.7 Å². The van der Waals surface area contributed by atoms with Crippen LogP contribution in [-0.4, -0.2) is 37.1 Å². The second-order valence-electron chi connectivity index (χ2n) is 7.53. The molecule has 0 aromatic rings. The fourth-order valence-electron chi connectivity index (χ4n) is 3.95. The Kier molecular flexibility index (Phi) is 5.70. The number of likely N-dealkylation sites (tertiary alicyclic amines) is 1. The Morgan fingerprint density at radius 3 is 2.16 bits per heavy atom. The summed E-state index contributed by atoms with van der Waals surface area (Å²) in [5.41, 5.74) is 0.758. The average molecular weight is 266 g/mol. The molecule has 2 rings (SSSR count). The molecule has 0 amide bonds. The van der Waals surface area contributed by atoms with E-state index in [1.165, 1.54) is 71.1 Å². The number of rotatable bonds is 5. The standard InChI is InChI=1S/C17H34N2/c1-15(2)18-13-16(3)14-19-11-9-17(10-12-19)7-5-4-6-8-17/h15-16,18H,4-14H2,1-3H3. The van der Waals surface area contributed by atoms with Crippen LogP contribution in [0.15, 0.2) is 0 Å². The summed E-state index contributed by atoms with van der Waals surface area (Å²) < 4.78 is 0. The van der Waals surface area contributed by atoms with Crippen LogP contribution in [0.2, 0.25) is 0 Å². The molecule has 1 unspecified atom stereocenters. The van der Waals surface area contributed by atoms with Crippen LogP contribution in [0.1, 0.15) is 65.7 Å². The number of nitrogens with zero attached hydrogens (tertiary/aromatic N) is 1. The Morgan fingerprint density at radius 2 is 1.58 bits per heavy atom. The van der Waals surface area contributed by atoms with Gasteiger partial charge >= 0.3 is 0 Å². The van der Waals surface area contributed by atoms with E-state index in [-0.39, 0.29) is 0 Å². The smallest absolute Gasteiger partial charge is 0.00192 e. The molecule has 1 atom stereocenters. The molecule has 1 spiro atoms. The van der Waals surface area contributed by atoms with Crippen molar-refractivity contribution in [1.82, 2.24) is 10.2 Å². The van der Waals surface area contributed by atoms with E-state index in [1.807, 2.05) is 0 Å². The van der Waals surface area contributed by atoms with Gasteiger partial charge in [-0.1, -0.05) is 40.0 Å². The highest BCUT2D eigenvalue weighted by Crippen LogP contribution is 2.44. The Bertz CT molecular complexity index is 246.